The van der Waals surface area contributed by atoms with Crippen molar-refractivity contribution in [1.82, 2.24) is 20.4 Å². The first-order valence-corrected chi connectivity index (χ1v) is 27.2. The number of nitrogens with one attached hydrogen (secondary N) is 2. The first kappa shape index (κ1) is 60.8. The zero-order chi connectivity index (χ0) is 57.9. The predicted octanol–water partition coefficient (Wildman–Crippen LogP) is 8.34. The fourth-order valence-electron chi connectivity index (χ4n) is 11.6. The topological polar surface area (TPSA) is 222 Å². The van der Waals surface area contributed by atoms with Gasteiger partial charge in [-0.3, -0.25) is 14.4 Å². The number of carbonyl (C=O) groups is 6. The molecule has 2 spiro atoms. The lowest BCUT2D eigenvalue weighted by molar-refractivity contribution is -0.153. The minimum absolute atomic E-state index is 0.114. The zero-order valence-corrected chi connectivity index (χ0v) is 49.3. The van der Waals surface area contributed by atoms with Crippen LogP contribution in [0.2, 0.25) is 0 Å². The summed E-state index contributed by atoms with van der Waals surface area (Å²) in [5.74, 6) is 0.130. The standard InChI is InChI=1S/C31H45N3O6.C28H41N3O7/c1-19-13-22(14-20(2)26(19)38-6)23-16-31(40-33-23)17-24(29(37)39-7)34(18-31)28(36)27(30(3,4)5)32-25(35)15-21-11-9-8-10-12-21;1-16-11-18(12-17(2)21(16)35-9)19-13-28(38-30-19)14-20(24(33)36-10)31(15-28)23(32)22(26(3,4)5)29-25(34)37-27(6,7)8/h13-14,21,24,27H,8-12,15-18H2,1-7H3,(H,32,35);11-12,20,22H,13-15H2,1-10H3,(H,29,34)/t24-,27+,31+;20-,22+,28+/m00/s1. The number of likely N-dealkylation sites (tertiary alicyclic amines) is 2. The SMILES string of the molecule is COC(=O)[C@@H]1C[C@]2(CC(c3cc(C)c(OC)c(C)c3)=NO2)CN1C(=O)[C@@H](NC(=O)CC1CCCCC1)C(C)(C)C.COC(=O)[C@@H]1C[C@]2(CC(c3cc(C)c(OC)c(C)c3)=NO2)CN1C(=O)[C@@H](NC(=O)OC(C)(C)C)C(C)(C)C. The van der Waals surface area contributed by atoms with E-state index in [2.05, 4.69) is 20.9 Å². The molecule has 78 heavy (non-hydrogen) atoms. The molecule has 1 aliphatic carbocycles. The summed E-state index contributed by atoms with van der Waals surface area (Å²) in [4.78, 5) is 94.4. The van der Waals surface area contributed by atoms with E-state index in [1.165, 1.54) is 30.4 Å². The van der Waals surface area contributed by atoms with Crippen LogP contribution in [0.3, 0.4) is 0 Å². The maximum Gasteiger partial charge on any atom is 0.408 e. The Morgan fingerprint density at radius 2 is 1.00 bits per heavy atom. The Hall–Kier alpha value is -6.40. The molecule has 1 saturated carbocycles. The van der Waals surface area contributed by atoms with E-state index in [0.717, 1.165) is 82.0 Å². The van der Waals surface area contributed by atoms with Crippen molar-refractivity contribution in [2.75, 3.05) is 41.5 Å². The number of benzene rings is 2. The number of aryl methyl sites for hydroxylation is 4. The van der Waals surface area contributed by atoms with Crippen molar-refractivity contribution in [2.45, 2.75) is 195 Å². The lowest BCUT2D eigenvalue weighted by atomic mass is 9.84. The molecule has 19 heteroatoms. The molecule has 2 N–H and O–H groups in total. The molecule has 4 heterocycles. The number of nitrogens with zero attached hydrogens (tertiary/aromatic N) is 4. The van der Waals surface area contributed by atoms with Crippen LogP contribution in [0.4, 0.5) is 4.79 Å². The Labute approximate surface area is 461 Å². The van der Waals surface area contributed by atoms with Gasteiger partial charge in [0.25, 0.3) is 0 Å². The molecule has 430 valence electrons. The molecule has 2 aromatic rings. The van der Waals surface area contributed by atoms with Crippen molar-refractivity contribution in [1.29, 1.82) is 0 Å². The summed E-state index contributed by atoms with van der Waals surface area (Å²) in [7, 11) is 5.90. The van der Waals surface area contributed by atoms with Crippen molar-refractivity contribution >= 4 is 47.2 Å². The number of alkyl carbamates (subject to hydrolysis) is 1. The Balaban J connectivity index is 0.000000253. The third-order valence-electron chi connectivity index (χ3n) is 15.4. The average Bonchev–Trinajstić information content (AvgIpc) is 4.20. The Bertz CT molecular complexity index is 2610. The minimum atomic E-state index is -0.951. The van der Waals surface area contributed by atoms with E-state index in [4.69, 9.17) is 33.4 Å². The lowest BCUT2D eigenvalue weighted by Crippen LogP contribution is -2.57. The number of esters is 2. The van der Waals surface area contributed by atoms with E-state index < -0.39 is 75.7 Å². The molecule has 2 aromatic carbocycles. The number of methoxy groups -OCH3 is 4. The molecular formula is C59H86N6O13. The van der Waals surface area contributed by atoms with Crippen LogP contribution >= 0.6 is 0 Å². The summed E-state index contributed by atoms with van der Waals surface area (Å²) in [5, 5.41) is 14.5. The van der Waals surface area contributed by atoms with Gasteiger partial charge in [0, 0.05) is 43.2 Å². The molecule has 0 aromatic heterocycles. The summed E-state index contributed by atoms with van der Waals surface area (Å²) in [6, 6.07) is 4.55. The van der Waals surface area contributed by atoms with Gasteiger partial charge >= 0.3 is 18.0 Å². The van der Waals surface area contributed by atoms with E-state index in [-0.39, 0.29) is 37.7 Å². The molecule has 19 nitrogen and oxygen atoms in total. The van der Waals surface area contributed by atoms with E-state index in [9.17, 15) is 28.8 Å². The number of rotatable bonds is 12. The highest BCUT2D eigenvalue weighted by molar-refractivity contribution is 6.03. The Morgan fingerprint density at radius 3 is 1.35 bits per heavy atom. The summed E-state index contributed by atoms with van der Waals surface area (Å²) in [6.07, 6.45) is 6.67. The number of ether oxygens (including phenoxy) is 5. The summed E-state index contributed by atoms with van der Waals surface area (Å²) in [6.45, 7) is 24.8. The van der Waals surface area contributed by atoms with Crippen LogP contribution < -0.4 is 20.1 Å². The highest BCUT2D eigenvalue weighted by Gasteiger charge is 2.57. The molecule has 3 fully saturated rings. The second-order valence-corrected chi connectivity index (χ2v) is 25.2. The van der Waals surface area contributed by atoms with Gasteiger partial charge in [0.15, 0.2) is 11.2 Å². The van der Waals surface area contributed by atoms with E-state index in [1.807, 2.05) is 93.5 Å². The quantitative estimate of drug-likeness (QED) is 0.151. The molecule has 4 amide bonds. The lowest BCUT2D eigenvalue weighted by Gasteiger charge is -2.35. The van der Waals surface area contributed by atoms with Gasteiger partial charge in [0.1, 0.15) is 41.3 Å². The van der Waals surface area contributed by atoms with Crippen molar-refractivity contribution in [2.24, 2.45) is 27.1 Å². The average molecular weight is 1090 g/mol. The molecule has 4 aliphatic heterocycles. The van der Waals surface area contributed by atoms with Crippen LogP contribution in [0, 0.1) is 44.4 Å². The van der Waals surface area contributed by atoms with Gasteiger partial charge in [-0.05, 0) is 125 Å². The van der Waals surface area contributed by atoms with E-state index >= 15 is 0 Å². The summed E-state index contributed by atoms with van der Waals surface area (Å²) >= 11 is 0. The monoisotopic (exact) mass is 1090 g/mol. The number of hydrogen-bond donors (Lipinski definition) is 2. The van der Waals surface area contributed by atoms with Crippen LogP contribution in [-0.4, -0.2) is 139 Å². The summed E-state index contributed by atoms with van der Waals surface area (Å²) in [5.41, 5.74) is 3.56. The van der Waals surface area contributed by atoms with Crippen LogP contribution in [-0.2, 0) is 47.9 Å². The Kier molecular flexibility index (Phi) is 18.6. The van der Waals surface area contributed by atoms with Crippen LogP contribution in [0.5, 0.6) is 11.5 Å². The fourth-order valence-corrected chi connectivity index (χ4v) is 11.6. The minimum Gasteiger partial charge on any atom is -0.496 e. The zero-order valence-electron chi connectivity index (χ0n) is 49.3. The van der Waals surface area contributed by atoms with Gasteiger partial charge in [-0.1, -0.05) is 71.1 Å². The van der Waals surface area contributed by atoms with Gasteiger partial charge in [0.05, 0.1) is 53.0 Å². The maximum atomic E-state index is 14.1. The molecule has 0 bridgehead atoms. The Morgan fingerprint density at radius 1 is 0.615 bits per heavy atom. The van der Waals surface area contributed by atoms with Crippen LogP contribution in [0.25, 0.3) is 0 Å². The molecule has 6 atom stereocenters. The fraction of sp³-hybridized carbons (Fsp3) is 0.661. The van der Waals surface area contributed by atoms with Gasteiger partial charge in [0.2, 0.25) is 17.7 Å². The third-order valence-corrected chi connectivity index (χ3v) is 15.4. The third kappa shape index (κ3) is 14.1. The largest absolute Gasteiger partial charge is 0.496 e. The normalized spacial score (nSPS) is 23.0. The molecule has 0 radical (unpaired) electrons. The van der Waals surface area contributed by atoms with E-state index in [0.29, 0.717) is 25.2 Å². The molecule has 5 aliphatic rings. The van der Waals surface area contributed by atoms with Gasteiger partial charge in [-0.25, -0.2) is 14.4 Å². The van der Waals surface area contributed by atoms with Gasteiger partial charge in [-0.2, -0.15) is 0 Å². The maximum absolute atomic E-state index is 14.1. The predicted molar refractivity (Wildman–Crippen MR) is 294 cm³/mol. The first-order chi connectivity index (χ1) is 36.4. The number of amides is 4. The van der Waals surface area contributed by atoms with Crippen molar-refractivity contribution in [3.63, 3.8) is 0 Å². The van der Waals surface area contributed by atoms with Gasteiger partial charge < -0.3 is 53.8 Å². The number of carbonyl (C=O) groups excluding carboxylic acids is 6. The van der Waals surface area contributed by atoms with Crippen LogP contribution in [0.1, 0.15) is 160 Å². The molecular weight excluding hydrogens is 1000 g/mol. The second kappa shape index (κ2) is 23.9. The van der Waals surface area contributed by atoms with E-state index in [1.54, 1.807) is 35.0 Å². The molecule has 7 rings (SSSR count). The highest BCUT2D eigenvalue weighted by atomic mass is 16.7. The van der Waals surface area contributed by atoms with Crippen molar-refractivity contribution in [3.8, 4) is 11.5 Å². The van der Waals surface area contributed by atoms with Crippen molar-refractivity contribution < 1.29 is 62.1 Å². The smallest absolute Gasteiger partial charge is 0.408 e. The summed E-state index contributed by atoms with van der Waals surface area (Å²) < 4.78 is 26.5. The second-order valence-electron chi connectivity index (χ2n) is 25.2. The first-order valence-electron chi connectivity index (χ1n) is 27.2. The molecule has 2 saturated heterocycles. The highest BCUT2D eigenvalue weighted by Crippen LogP contribution is 2.43. The van der Waals surface area contributed by atoms with Gasteiger partial charge in [-0.15, -0.1) is 0 Å². The van der Waals surface area contributed by atoms with Crippen LogP contribution in [0.15, 0.2) is 34.6 Å². The number of hydrogen-bond acceptors (Lipinski definition) is 15. The number of oxime groups is 2. The van der Waals surface area contributed by atoms with Crippen molar-refractivity contribution in [3.05, 3.63) is 57.6 Å². The molecule has 0 unspecified atom stereocenters.